The van der Waals surface area contributed by atoms with Crippen molar-refractivity contribution in [1.82, 2.24) is 10.6 Å². The summed E-state index contributed by atoms with van der Waals surface area (Å²) >= 11 is 0. The number of rotatable bonds is 21. The molecule has 2 unspecified atom stereocenters. The van der Waals surface area contributed by atoms with Gasteiger partial charge in [0, 0.05) is 42.7 Å². The van der Waals surface area contributed by atoms with Crippen molar-refractivity contribution in [1.29, 1.82) is 0 Å². The lowest BCUT2D eigenvalue weighted by molar-refractivity contribution is -0.438. The molecule has 2 atom stereocenters. The maximum absolute atomic E-state index is 14.6. The van der Waals surface area contributed by atoms with Crippen molar-refractivity contribution in [2.24, 2.45) is 0 Å². The number of methoxy groups -OCH3 is 1. The number of allylic oxidation sites excluding steroid dienone is 3. The van der Waals surface area contributed by atoms with E-state index in [0.29, 0.717) is 49.1 Å². The highest BCUT2D eigenvalue weighted by molar-refractivity contribution is 6.40. The van der Waals surface area contributed by atoms with E-state index in [2.05, 4.69) is 10.6 Å². The number of hydrogen-bond acceptors (Lipinski definition) is 13. The molecule has 4 aromatic rings. The molecule has 1 heterocycles. The van der Waals surface area contributed by atoms with Gasteiger partial charge in [0.05, 0.1) is 51.7 Å². The molecule has 4 aromatic carbocycles. The van der Waals surface area contributed by atoms with E-state index in [-0.39, 0.29) is 70.9 Å². The molecule has 362 valence electrons. The van der Waals surface area contributed by atoms with Crippen LogP contribution in [0, 0.1) is 33.0 Å². The minimum Gasteiger partial charge on any atom is -0.506 e. The first-order chi connectivity index (χ1) is 32.8. The standard InChI is InChI=1S/C50H52FN5O13/c1-7-39(48(60)52-22-24-67-42-28-41(56(64)65)36(25-29(42)2)30(3)68-49(61)69-35-19-15-33(16-20-35)55(62)63)53-44(57)11-9-8-10-23-54-40-21-14-32(51)26-38(40)50(4,5)43(54)27-37-46(58)45(47(37)59)31-12-17-34(66-6)18-13-31/h12-21,25-28,30,39H,7-11,22-24H2,1-6H3,(H2-,52,53,57,58,59,60)/p+1. The van der Waals surface area contributed by atoms with E-state index in [4.69, 9.17) is 18.9 Å². The number of non-ortho nitro benzene ring substituents is 1. The predicted molar refractivity (Wildman–Crippen MR) is 251 cm³/mol. The number of aliphatic hydroxyl groups is 1. The highest BCUT2D eigenvalue weighted by atomic mass is 19.1. The Hall–Kier alpha value is -7.96. The number of nitro groups is 2. The Balaban J connectivity index is 0.979. The first-order valence-electron chi connectivity index (χ1n) is 22.3. The van der Waals surface area contributed by atoms with Gasteiger partial charge in [-0.05, 0) is 101 Å². The Morgan fingerprint density at radius 3 is 2.28 bits per heavy atom. The number of ketones is 1. The minimum atomic E-state index is -1.18. The molecule has 19 heteroatoms. The van der Waals surface area contributed by atoms with Gasteiger partial charge in [-0.15, -0.1) is 0 Å². The van der Waals surface area contributed by atoms with Gasteiger partial charge in [-0.3, -0.25) is 34.6 Å². The molecule has 69 heavy (non-hydrogen) atoms. The zero-order valence-corrected chi connectivity index (χ0v) is 39.0. The number of nitrogens with one attached hydrogen (secondary N) is 2. The third-order valence-corrected chi connectivity index (χ3v) is 12.0. The Bertz CT molecular complexity index is 2770. The Morgan fingerprint density at radius 2 is 1.64 bits per heavy atom. The smallest absolute Gasteiger partial charge is 0.506 e. The van der Waals surface area contributed by atoms with Crippen LogP contribution in [-0.4, -0.2) is 81.8 Å². The third kappa shape index (κ3) is 11.6. The van der Waals surface area contributed by atoms with Crippen LogP contribution < -0.4 is 24.8 Å². The molecule has 0 saturated heterocycles. The number of nitrogens with zero attached hydrogens (tertiary/aromatic N) is 3. The Morgan fingerprint density at radius 1 is 0.942 bits per heavy atom. The topological polar surface area (TPSA) is 239 Å². The summed E-state index contributed by atoms with van der Waals surface area (Å²) in [4.78, 5) is 73.5. The largest absolute Gasteiger partial charge is 0.514 e. The van der Waals surface area contributed by atoms with Gasteiger partial charge >= 0.3 is 6.16 Å². The van der Waals surface area contributed by atoms with E-state index in [1.165, 1.54) is 50.4 Å². The number of carbonyl (C=O) groups is 4. The first kappa shape index (κ1) is 50.5. The molecule has 1 aliphatic carbocycles. The lowest BCUT2D eigenvalue weighted by atomic mass is 9.77. The summed E-state index contributed by atoms with van der Waals surface area (Å²) in [5, 5.41) is 39.5. The summed E-state index contributed by atoms with van der Waals surface area (Å²) in [5.74, 6) is -0.824. The minimum absolute atomic E-state index is 0.0147. The highest BCUT2D eigenvalue weighted by Gasteiger charge is 2.47. The average molecular weight is 951 g/mol. The number of amides is 2. The second kappa shape index (κ2) is 21.8. The van der Waals surface area contributed by atoms with Crippen molar-refractivity contribution in [3.8, 4) is 17.2 Å². The van der Waals surface area contributed by atoms with Gasteiger partial charge in [0.25, 0.3) is 11.4 Å². The van der Waals surface area contributed by atoms with Crippen molar-refractivity contribution < 1.29 is 62.0 Å². The molecule has 2 aliphatic rings. The van der Waals surface area contributed by atoms with Crippen LogP contribution in [0.1, 0.15) is 88.2 Å². The summed E-state index contributed by atoms with van der Waals surface area (Å²) in [6.07, 6.45) is 1.61. The number of Topliss-reactive ketones (excluding diaryl/α,β-unsaturated/α-hetero) is 1. The quantitative estimate of drug-likeness (QED) is 0.0135. The fourth-order valence-electron chi connectivity index (χ4n) is 8.18. The summed E-state index contributed by atoms with van der Waals surface area (Å²) in [6.45, 7) is 9.12. The van der Waals surface area contributed by atoms with E-state index in [1.54, 1.807) is 50.3 Å². The lowest BCUT2D eigenvalue weighted by Gasteiger charge is -2.23. The van der Waals surface area contributed by atoms with Crippen molar-refractivity contribution >= 4 is 52.1 Å². The molecule has 0 aromatic heterocycles. The first-order valence-corrected chi connectivity index (χ1v) is 22.3. The van der Waals surface area contributed by atoms with Gasteiger partial charge in [0.15, 0.2) is 5.71 Å². The van der Waals surface area contributed by atoms with E-state index < -0.39 is 51.0 Å². The van der Waals surface area contributed by atoms with Crippen LogP contribution in [0.4, 0.5) is 26.2 Å². The number of unbranched alkanes of at least 4 members (excludes halogenated alkanes) is 2. The maximum atomic E-state index is 14.6. The molecule has 0 bridgehead atoms. The molecular weight excluding hydrogens is 898 g/mol. The number of nitro benzene ring substituents is 2. The zero-order chi connectivity index (χ0) is 50.2. The SMILES string of the molecule is CCC(NC(=O)CCCCC[N+]1=C(/C=C2/C(=O)C(c3ccc(OC)cc3)=C2O)C(C)(C)c2cc(F)ccc21)C(=O)NCCOc1cc([N+](=O)[O-])c(C(C)OC(=O)Oc2ccc([N+](=O)[O-])cc2)cc1C. The predicted octanol–water partition coefficient (Wildman–Crippen LogP) is 8.74. The fourth-order valence-corrected chi connectivity index (χ4v) is 8.18. The summed E-state index contributed by atoms with van der Waals surface area (Å²) in [6, 6.07) is 17.9. The Labute approximate surface area is 396 Å². The molecule has 0 spiro atoms. The summed E-state index contributed by atoms with van der Waals surface area (Å²) in [7, 11) is 1.54. The number of ether oxygens (including phenoxy) is 4. The van der Waals surface area contributed by atoms with Crippen molar-refractivity contribution in [3.63, 3.8) is 0 Å². The van der Waals surface area contributed by atoms with Crippen LogP contribution in [0.25, 0.3) is 5.57 Å². The number of aryl methyl sites for hydroxylation is 1. The third-order valence-electron chi connectivity index (χ3n) is 12.0. The van der Waals surface area contributed by atoms with Crippen molar-refractivity contribution in [3.05, 3.63) is 145 Å². The Kier molecular flexibility index (Phi) is 15.9. The summed E-state index contributed by atoms with van der Waals surface area (Å²) < 4.78 is 37.9. The molecule has 3 N–H and O–H groups in total. The van der Waals surface area contributed by atoms with E-state index in [9.17, 15) is 48.9 Å². The lowest BCUT2D eigenvalue weighted by Crippen LogP contribution is -2.47. The van der Waals surface area contributed by atoms with Gasteiger partial charge < -0.3 is 34.7 Å². The molecule has 2 amide bonds. The second-order valence-electron chi connectivity index (χ2n) is 16.9. The van der Waals surface area contributed by atoms with E-state index in [1.807, 2.05) is 18.4 Å². The van der Waals surface area contributed by atoms with Gasteiger partial charge in [0.1, 0.15) is 54.1 Å². The number of aliphatic hydroxyl groups excluding tert-OH is 1. The van der Waals surface area contributed by atoms with Crippen molar-refractivity contribution in [2.45, 2.75) is 84.3 Å². The van der Waals surface area contributed by atoms with E-state index in [0.717, 1.165) is 29.1 Å². The highest BCUT2D eigenvalue weighted by Crippen LogP contribution is 2.43. The van der Waals surface area contributed by atoms with Crippen LogP contribution in [0.2, 0.25) is 0 Å². The number of carbonyl (C=O) groups excluding carboxylic acids is 4. The van der Waals surface area contributed by atoms with Gasteiger partial charge in [-0.25, -0.2) is 9.18 Å². The maximum Gasteiger partial charge on any atom is 0.514 e. The number of halogens is 1. The van der Waals surface area contributed by atoms with Crippen LogP contribution >= 0.6 is 0 Å². The van der Waals surface area contributed by atoms with Crippen LogP contribution in [0.5, 0.6) is 17.2 Å². The average Bonchev–Trinajstić information content (AvgIpc) is 3.52. The monoisotopic (exact) mass is 950 g/mol. The number of benzene rings is 4. The molecule has 1 aliphatic heterocycles. The fraction of sp³-hybridized carbons (Fsp3) is 0.340. The zero-order valence-electron chi connectivity index (χ0n) is 39.0. The van der Waals surface area contributed by atoms with Gasteiger partial charge in [-0.1, -0.05) is 19.1 Å². The number of hydrogen-bond donors (Lipinski definition) is 3. The van der Waals surface area contributed by atoms with Crippen LogP contribution in [0.3, 0.4) is 0 Å². The molecule has 6 rings (SSSR count). The van der Waals surface area contributed by atoms with Crippen LogP contribution in [0.15, 0.2) is 96.3 Å². The second-order valence-corrected chi connectivity index (χ2v) is 16.9. The molecule has 18 nitrogen and oxygen atoms in total. The van der Waals surface area contributed by atoms with Crippen LogP contribution in [-0.2, 0) is 24.5 Å². The molecule has 0 fully saturated rings. The molecule has 0 saturated carbocycles. The summed E-state index contributed by atoms with van der Waals surface area (Å²) in [5.41, 5.74) is 2.42. The van der Waals surface area contributed by atoms with Gasteiger partial charge in [-0.2, -0.15) is 4.58 Å². The normalized spacial score (nSPS) is 15.2. The molecular formula is C50H53FN5O13+. The molecule has 0 radical (unpaired) electrons. The van der Waals surface area contributed by atoms with E-state index >= 15 is 0 Å². The number of fused-ring (bicyclic) bond motifs is 1. The van der Waals surface area contributed by atoms with Crippen molar-refractivity contribution in [2.75, 3.05) is 26.8 Å². The van der Waals surface area contributed by atoms with Gasteiger partial charge in [0.2, 0.25) is 23.3 Å².